The predicted molar refractivity (Wildman–Crippen MR) is 101 cm³/mol. The van der Waals surface area contributed by atoms with Crippen LogP contribution >= 0.6 is 0 Å². The van der Waals surface area contributed by atoms with E-state index >= 15 is 0 Å². The number of ether oxygens (including phenoxy) is 1. The van der Waals surface area contributed by atoms with Crippen molar-refractivity contribution in [3.8, 4) is 0 Å². The number of carbonyl (C=O) groups excluding carboxylic acids is 2. The Kier molecular flexibility index (Phi) is 6.93. The Morgan fingerprint density at radius 3 is 2.48 bits per heavy atom. The highest BCUT2D eigenvalue weighted by Gasteiger charge is 2.25. The molecule has 0 aliphatic rings. The Hall–Kier alpha value is -2.42. The molecule has 0 spiro atoms. The normalized spacial score (nSPS) is 11.9. The molecule has 2 aromatic carbocycles. The van der Waals surface area contributed by atoms with Crippen LogP contribution in [0.5, 0.6) is 0 Å². The number of ketones is 1. The molecule has 1 unspecified atom stereocenters. The van der Waals surface area contributed by atoms with E-state index in [9.17, 15) is 9.59 Å². The number of fused-ring (bicyclic) bond motifs is 1. The summed E-state index contributed by atoms with van der Waals surface area (Å²) in [7, 11) is 0. The number of esters is 1. The maximum Gasteiger partial charge on any atom is 0.321 e. The summed E-state index contributed by atoms with van der Waals surface area (Å²) >= 11 is 0. The second-order valence-electron chi connectivity index (χ2n) is 6.42. The summed E-state index contributed by atoms with van der Waals surface area (Å²) in [5.74, 6) is -1.15. The molecule has 1 atom stereocenters. The minimum atomic E-state index is -0.839. The van der Waals surface area contributed by atoms with Gasteiger partial charge in [0.1, 0.15) is 11.7 Å². The van der Waals surface area contributed by atoms with Gasteiger partial charge in [0.25, 0.3) is 0 Å². The molecule has 132 valence electrons. The predicted octanol–water partition coefficient (Wildman–Crippen LogP) is 5.69. The summed E-state index contributed by atoms with van der Waals surface area (Å²) in [6.45, 7) is 7.53. The van der Waals surface area contributed by atoms with E-state index in [-0.39, 0.29) is 5.78 Å². The number of unbranched alkanes of at least 4 members (excludes halogenated alkanes) is 3. The SMILES string of the molecule is C=C(CCCCCC)OC(=O)C(C)C(=O)c1ccc2ccccc2c1. The lowest BCUT2D eigenvalue weighted by molar-refractivity contribution is -0.142. The van der Waals surface area contributed by atoms with Crippen LogP contribution in [0.4, 0.5) is 0 Å². The van der Waals surface area contributed by atoms with Gasteiger partial charge in [-0.2, -0.15) is 0 Å². The van der Waals surface area contributed by atoms with Crippen LogP contribution in [0.1, 0.15) is 56.3 Å². The van der Waals surface area contributed by atoms with Crippen molar-refractivity contribution in [2.45, 2.75) is 46.0 Å². The fourth-order valence-corrected chi connectivity index (χ4v) is 2.73. The van der Waals surface area contributed by atoms with Crippen LogP contribution in [0.25, 0.3) is 10.8 Å². The van der Waals surface area contributed by atoms with Crippen LogP contribution < -0.4 is 0 Å². The number of benzene rings is 2. The van der Waals surface area contributed by atoms with Crippen LogP contribution in [0.3, 0.4) is 0 Å². The van der Waals surface area contributed by atoms with Gasteiger partial charge >= 0.3 is 5.97 Å². The van der Waals surface area contributed by atoms with Gasteiger partial charge in [-0.3, -0.25) is 9.59 Å². The largest absolute Gasteiger partial charge is 0.431 e. The van der Waals surface area contributed by atoms with Crippen molar-refractivity contribution < 1.29 is 14.3 Å². The van der Waals surface area contributed by atoms with Crippen LogP contribution in [-0.4, -0.2) is 11.8 Å². The van der Waals surface area contributed by atoms with Gasteiger partial charge < -0.3 is 4.74 Å². The quantitative estimate of drug-likeness (QED) is 0.194. The van der Waals surface area contributed by atoms with Crippen molar-refractivity contribution in [3.05, 3.63) is 60.4 Å². The van der Waals surface area contributed by atoms with Gasteiger partial charge in [-0.25, -0.2) is 0 Å². The number of hydrogen-bond acceptors (Lipinski definition) is 3. The molecule has 2 aromatic rings. The first-order chi connectivity index (χ1) is 12.0. The number of Topliss-reactive ketones (excluding diaryl/α,β-unsaturated/α-hetero) is 1. The minimum absolute atomic E-state index is 0.227. The smallest absolute Gasteiger partial charge is 0.321 e. The molecule has 3 heteroatoms. The Morgan fingerprint density at radius 1 is 1.04 bits per heavy atom. The third-order valence-electron chi connectivity index (χ3n) is 4.33. The molecular formula is C22H26O3. The second kappa shape index (κ2) is 9.16. The molecule has 2 rings (SSSR count). The summed E-state index contributed by atoms with van der Waals surface area (Å²) < 4.78 is 5.27. The van der Waals surface area contributed by atoms with Gasteiger partial charge in [-0.05, 0) is 30.2 Å². The lowest BCUT2D eigenvalue weighted by Gasteiger charge is -2.12. The van der Waals surface area contributed by atoms with Crippen LogP contribution in [0.15, 0.2) is 54.8 Å². The molecule has 0 radical (unpaired) electrons. The molecular weight excluding hydrogens is 312 g/mol. The number of hydrogen-bond donors (Lipinski definition) is 0. The monoisotopic (exact) mass is 338 g/mol. The van der Waals surface area contributed by atoms with Crippen molar-refractivity contribution in [1.82, 2.24) is 0 Å². The summed E-state index contributed by atoms with van der Waals surface area (Å²) in [5.41, 5.74) is 0.525. The molecule has 25 heavy (non-hydrogen) atoms. The lowest BCUT2D eigenvalue weighted by atomic mass is 9.97. The average molecular weight is 338 g/mol. The standard InChI is InChI=1S/C22H26O3/c1-4-5-6-7-10-16(2)25-22(24)17(3)21(23)20-14-13-18-11-8-9-12-19(18)15-20/h8-9,11-15,17H,2,4-7,10H2,1,3H3. The number of carbonyl (C=O) groups is 2. The maximum atomic E-state index is 12.6. The van der Waals surface area contributed by atoms with E-state index in [1.54, 1.807) is 13.0 Å². The van der Waals surface area contributed by atoms with Gasteiger partial charge in [-0.1, -0.05) is 69.2 Å². The first-order valence-electron chi connectivity index (χ1n) is 8.95. The lowest BCUT2D eigenvalue weighted by Crippen LogP contribution is -2.23. The Balaban J connectivity index is 1.95. The van der Waals surface area contributed by atoms with Crippen LogP contribution in [0.2, 0.25) is 0 Å². The Labute approximate surface area is 149 Å². The highest BCUT2D eigenvalue weighted by molar-refractivity contribution is 6.09. The molecule has 0 saturated carbocycles. The van der Waals surface area contributed by atoms with Gasteiger partial charge in [0, 0.05) is 12.0 Å². The molecule has 0 bridgehead atoms. The molecule has 0 aliphatic carbocycles. The van der Waals surface area contributed by atoms with E-state index < -0.39 is 11.9 Å². The first-order valence-corrected chi connectivity index (χ1v) is 8.95. The van der Waals surface area contributed by atoms with Crippen molar-refractivity contribution in [2.75, 3.05) is 0 Å². The van der Waals surface area contributed by atoms with Crippen molar-refractivity contribution in [2.24, 2.45) is 5.92 Å². The molecule has 3 nitrogen and oxygen atoms in total. The van der Waals surface area contributed by atoms with E-state index in [1.165, 1.54) is 0 Å². The van der Waals surface area contributed by atoms with Crippen LogP contribution in [0, 0.1) is 5.92 Å². The zero-order chi connectivity index (χ0) is 18.2. The molecule has 0 aromatic heterocycles. The Bertz CT molecular complexity index is 761. The van der Waals surface area contributed by atoms with E-state index in [4.69, 9.17) is 4.74 Å². The minimum Gasteiger partial charge on any atom is -0.431 e. The number of allylic oxidation sites excluding steroid dienone is 1. The molecule has 0 fully saturated rings. The van der Waals surface area contributed by atoms with E-state index in [0.717, 1.165) is 36.5 Å². The first kappa shape index (κ1) is 18.9. The average Bonchev–Trinajstić information content (AvgIpc) is 2.63. The highest BCUT2D eigenvalue weighted by atomic mass is 16.5. The van der Waals surface area contributed by atoms with Crippen molar-refractivity contribution >= 4 is 22.5 Å². The summed E-state index contributed by atoms with van der Waals surface area (Å²) in [6.07, 6.45) is 5.02. The van der Waals surface area contributed by atoms with E-state index in [2.05, 4.69) is 13.5 Å². The van der Waals surface area contributed by atoms with Gasteiger partial charge in [0.15, 0.2) is 5.78 Å². The van der Waals surface area contributed by atoms with Crippen molar-refractivity contribution in [3.63, 3.8) is 0 Å². The van der Waals surface area contributed by atoms with Gasteiger partial charge in [0.2, 0.25) is 0 Å². The molecule has 0 N–H and O–H groups in total. The maximum absolute atomic E-state index is 12.6. The molecule has 0 heterocycles. The third kappa shape index (κ3) is 5.28. The number of rotatable bonds is 9. The zero-order valence-corrected chi connectivity index (χ0v) is 15.1. The Morgan fingerprint density at radius 2 is 1.76 bits per heavy atom. The summed E-state index contributed by atoms with van der Waals surface area (Å²) in [6, 6.07) is 13.3. The molecule has 0 saturated heterocycles. The van der Waals surface area contributed by atoms with Gasteiger partial charge in [0.05, 0.1) is 0 Å². The molecule has 0 aliphatic heterocycles. The second-order valence-corrected chi connectivity index (χ2v) is 6.42. The van der Waals surface area contributed by atoms with Crippen LogP contribution in [-0.2, 0) is 9.53 Å². The van der Waals surface area contributed by atoms with E-state index in [1.807, 2.05) is 36.4 Å². The summed E-state index contributed by atoms with van der Waals surface area (Å²) in [5, 5.41) is 2.05. The van der Waals surface area contributed by atoms with E-state index in [0.29, 0.717) is 17.7 Å². The fraction of sp³-hybridized carbons (Fsp3) is 0.364. The fourth-order valence-electron chi connectivity index (χ4n) is 2.73. The van der Waals surface area contributed by atoms with Crippen molar-refractivity contribution in [1.29, 1.82) is 0 Å². The molecule has 0 amide bonds. The topological polar surface area (TPSA) is 43.4 Å². The zero-order valence-electron chi connectivity index (χ0n) is 15.1. The summed E-state index contributed by atoms with van der Waals surface area (Å²) in [4.78, 5) is 24.8. The van der Waals surface area contributed by atoms with Gasteiger partial charge in [-0.15, -0.1) is 0 Å². The third-order valence-corrected chi connectivity index (χ3v) is 4.33. The highest BCUT2D eigenvalue weighted by Crippen LogP contribution is 2.19.